The Balaban J connectivity index is 2.45. The Morgan fingerprint density at radius 2 is 1.85 bits per heavy atom. The van der Waals surface area contributed by atoms with Crippen molar-refractivity contribution >= 4 is 40.3 Å². The van der Waals surface area contributed by atoms with Gasteiger partial charge in [-0.25, -0.2) is 4.79 Å². The van der Waals surface area contributed by atoms with E-state index in [1.54, 1.807) is 12.1 Å². The van der Waals surface area contributed by atoms with Crippen LogP contribution in [0.5, 0.6) is 0 Å². The van der Waals surface area contributed by atoms with Gasteiger partial charge < -0.3 is 15.6 Å². The van der Waals surface area contributed by atoms with Gasteiger partial charge in [-0.2, -0.15) is 0 Å². The molecule has 0 fully saturated rings. The SMILES string of the molecule is CC(C)(C)[C@](O)(CC(COC(N)=O)c1ccc(I)cc1)c1cccc(Cl)c1. The van der Waals surface area contributed by atoms with Gasteiger partial charge in [0, 0.05) is 14.5 Å². The van der Waals surface area contributed by atoms with Crippen LogP contribution >= 0.6 is 34.2 Å². The number of hydrogen-bond donors (Lipinski definition) is 2. The molecule has 146 valence electrons. The van der Waals surface area contributed by atoms with Crippen molar-refractivity contribution in [1.29, 1.82) is 0 Å². The minimum absolute atomic E-state index is 0.0921. The lowest BCUT2D eigenvalue weighted by Crippen LogP contribution is -2.42. The summed E-state index contributed by atoms with van der Waals surface area (Å²) in [6.07, 6.45) is -0.474. The fourth-order valence-corrected chi connectivity index (χ4v) is 3.70. The van der Waals surface area contributed by atoms with Gasteiger partial charge in [0.05, 0.1) is 5.60 Å². The third-order valence-corrected chi connectivity index (χ3v) is 5.81. The molecule has 6 heteroatoms. The number of primary amides is 1. The molecule has 0 aliphatic heterocycles. The zero-order valence-electron chi connectivity index (χ0n) is 15.7. The third kappa shape index (κ3) is 5.59. The Kier molecular flexibility index (Phi) is 7.16. The molecule has 2 atom stereocenters. The average Bonchev–Trinajstić information content (AvgIpc) is 2.58. The second-order valence-corrected chi connectivity index (χ2v) is 9.39. The van der Waals surface area contributed by atoms with Crippen LogP contribution in [0.2, 0.25) is 5.02 Å². The van der Waals surface area contributed by atoms with E-state index in [9.17, 15) is 9.90 Å². The lowest BCUT2D eigenvalue weighted by molar-refractivity contribution is -0.0794. The Morgan fingerprint density at radius 1 is 1.22 bits per heavy atom. The van der Waals surface area contributed by atoms with E-state index in [1.165, 1.54) is 0 Å². The molecule has 0 aliphatic rings. The summed E-state index contributed by atoms with van der Waals surface area (Å²) >= 11 is 8.41. The van der Waals surface area contributed by atoms with Gasteiger partial charge in [-0.1, -0.05) is 56.6 Å². The highest BCUT2D eigenvalue weighted by atomic mass is 127. The number of carbonyl (C=O) groups is 1. The molecule has 1 amide bonds. The second-order valence-electron chi connectivity index (χ2n) is 7.70. The number of aliphatic hydroxyl groups is 1. The average molecular weight is 502 g/mol. The van der Waals surface area contributed by atoms with Crippen molar-refractivity contribution < 1.29 is 14.6 Å². The molecule has 2 rings (SSSR count). The number of ether oxygens (including phenoxy) is 1. The normalized spacial score (nSPS) is 15.0. The summed E-state index contributed by atoms with van der Waals surface area (Å²) in [6, 6.07) is 15.2. The van der Waals surface area contributed by atoms with Crippen LogP contribution < -0.4 is 5.73 Å². The molecule has 0 aromatic heterocycles. The Bertz CT molecular complexity index is 789. The van der Waals surface area contributed by atoms with Crippen LogP contribution in [0.15, 0.2) is 48.5 Å². The van der Waals surface area contributed by atoms with Crippen LogP contribution in [0.3, 0.4) is 0 Å². The Morgan fingerprint density at radius 3 is 2.37 bits per heavy atom. The summed E-state index contributed by atoms with van der Waals surface area (Å²) in [7, 11) is 0. The quantitative estimate of drug-likeness (QED) is 0.517. The highest BCUT2D eigenvalue weighted by molar-refractivity contribution is 14.1. The second kappa shape index (κ2) is 8.80. The molecule has 1 unspecified atom stereocenters. The van der Waals surface area contributed by atoms with E-state index in [4.69, 9.17) is 22.1 Å². The van der Waals surface area contributed by atoms with Gasteiger partial charge in [0.2, 0.25) is 0 Å². The lowest BCUT2D eigenvalue weighted by Gasteiger charge is -2.43. The molecular formula is C21H25ClINO3. The van der Waals surface area contributed by atoms with Crippen LogP contribution in [-0.4, -0.2) is 17.8 Å². The number of benzene rings is 2. The molecule has 0 heterocycles. The highest BCUT2D eigenvalue weighted by Crippen LogP contribution is 2.46. The summed E-state index contributed by atoms with van der Waals surface area (Å²) < 4.78 is 6.21. The number of hydrogen-bond acceptors (Lipinski definition) is 3. The van der Waals surface area contributed by atoms with Crippen molar-refractivity contribution in [2.24, 2.45) is 11.1 Å². The van der Waals surface area contributed by atoms with Gasteiger partial charge in [0.15, 0.2) is 0 Å². The van der Waals surface area contributed by atoms with Crippen molar-refractivity contribution in [3.05, 3.63) is 68.3 Å². The molecule has 0 saturated carbocycles. The summed E-state index contributed by atoms with van der Waals surface area (Å²) in [5.41, 5.74) is 5.22. The predicted octanol–water partition coefficient (Wildman–Crippen LogP) is 5.45. The molecule has 0 saturated heterocycles. The predicted molar refractivity (Wildman–Crippen MR) is 117 cm³/mol. The Labute approximate surface area is 179 Å². The molecule has 27 heavy (non-hydrogen) atoms. The molecule has 0 bridgehead atoms. The van der Waals surface area contributed by atoms with Gasteiger partial charge in [-0.05, 0) is 69.8 Å². The van der Waals surface area contributed by atoms with E-state index in [1.807, 2.05) is 57.2 Å². The molecular weight excluding hydrogens is 477 g/mol. The van der Waals surface area contributed by atoms with Crippen molar-refractivity contribution in [2.75, 3.05) is 6.61 Å². The maximum absolute atomic E-state index is 11.8. The minimum atomic E-state index is -1.19. The van der Waals surface area contributed by atoms with E-state index < -0.39 is 17.1 Å². The molecule has 3 N–H and O–H groups in total. The highest BCUT2D eigenvalue weighted by Gasteiger charge is 2.43. The molecule has 0 radical (unpaired) electrons. The maximum atomic E-state index is 11.8. The maximum Gasteiger partial charge on any atom is 0.404 e. The first-order chi connectivity index (χ1) is 12.5. The van der Waals surface area contributed by atoms with Crippen molar-refractivity contribution in [3.63, 3.8) is 0 Å². The van der Waals surface area contributed by atoms with Crippen LogP contribution in [-0.2, 0) is 10.3 Å². The molecule has 4 nitrogen and oxygen atoms in total. The summed E-state index contributed by atoms with van der Waals surface area (Å²) in [5.74, 6) is -0.224. The fraction of sp³-hybridized carbons (Fsp3) is 0.381. The summed E-state index contributed by atoms with van der Waals surface area (Å²) in [6.45, 7) is 6.03. The van der Waals surface area contributed by atoms with Crippen LogP contribution in [0.1, 0.15) is 44.2 Å². The van der Waals surface area contributed by atoms with Gasteiger partial charge in [-0.3, -0.25) is 0 Å². The van der Waals surface area contributed by atoms with E-state index in [0.29, 0.717) is 11.4 Å². The summed E-state index contributed by atoms with van der Waals surface area (Å²) in [5, 5.41) is 12.3. The van der Waals surface area contributed by atoms with E-state index in [2.05, 4.69) is 22.6 Å². The third-order valence-electron chi connectivity index (χ3n) is 4.85. The lowest BCUT2D eigenvalue weighted by atomic mass is 9.67. The topological polar surface area (TPSA) is 72.6 Å². The van der Waals surface area contributed by atoms with E-state index >= 15 is 0 Å². The van der Waals surface area contributed by atoms with Crippen LogP contribution in [0.25, 0.3) is 0 Å². The molecule has 0 aliphatic carbocycles. The van der Waals surface area contributed by atoms with Gasteiger partial charge in [-0.15, -0.1) is 0 Å². The molecule has 0 spiro atoms. The standard InChI is InChI=1S/C21H25ClINO3/c1-20(2,3)21(26,16-5-4-6-17(22)11-16)12-15(13-27-19(24)25)14-7-9-18(23)10-8-14/h4-11,15,26H,12-13H2,1-3H3,(H2,24,25)/t15?,21-/m0/s1. The van der Waals surface area contributed by atoms with Crippen LogP contribution in [0.4, 0.5) is 4.79 Å². The number of carbonyl (C=O) groups excluding carboxylic acids is 1. The zero-order chi connectivity index (χ0) is 20.2. The zero-order valence-corrected chi connectivity index (χ0v) is 18.6. The van der Waals surface area contributed by atoms with Gasteiger partial charge >= 0.3 is 6.09 Å². The smallest absolute Gasteiger partial charge is 0.404 e. The number of nitrogens with two attached hydrogens (primary N) is 1. The first-order valence-corrected chi connectivity index (χ1v) is 10.1. The number of amides is 1. The van der Waals surface area contributed by atoms with Crippen LogP contribution in [0, 0.1) is 8.99 Å². The Hall–Kier alpha value is -1.31. The minimum Gasteiger partial charge on any atom is -0.449 e. The summed E-state index contributed by atoms with van der Waals surface area (Å²) in [4.78, 5) is 11.2. The monoisotopic (exact) mass is 501 g/mol. The van der Waals surface area contributed by atoms with E-state index in [-0.39, 0.29) is 12.5 Å². The van der Waals surface area contributed by atoms with Gasteiger partial charge in [0.1, 0.15) is 6.61 Å². The van der Waals surface area contributed by atoms with E-state index in [0.717, 1.165) is 14.7 Å². The van der Waals surface area contributed by atoms with Gasteiger partial charge in [0.25, 0.3) is 0 Å². The van der Waals surface area contributed by atoms with Crippen molar-refractivity contribution in [3.8, 4) is 0 Å². The van der Waals surface area contributed by atoms with Crippen molar-refractivity contribution in [2.45, 2.75) is 38.7 Å². The number of rotatable bonds is 6. The molecule has 2 aromatic carbocycles. The molecule has 2 aromatic rings. The van der Waals surface area contributed by atoms with Crippen molar-refractivity contribution in [1.82, 2.24) is 0 Å². The number of halogens is 2. The largest absolute Gasteiger partial charge is 0.449 e. The fourth-order valence-electron chi connectivity index (χ4n) is 3.15. The first kappa shape index (κ1) is 22.0. The first-order valence-electron chi connectivity index (χ1n) is 8.69.